The first-order chi connectivity index (χ1) is 12.1. The molecule has 128 valence electrons. The fraction of sp³-hybridized carbons (Fsp3) is 0.167. The van der Waals surface area contributed by atoms with Gasteiger partial charge in [0.05, 0.1) is 6.42 Å². The van der Waals surface area contributed by atoms with Crippen molar-refractivity contribution in [2.45, 2.75) is 12.8 Å². The molecule has 0 aliphatic rings. The van der Waals surface area contributed by atoms with E-state index in [2.05, 4.69) is 15.5 Å². The van der Waals surface area contributed by atoms with Crippen molar-refractivity contribution in [3.8, 4) is 11.4 Å². The first-order valence-electron chi connectivity index (χ1n) is 7.70. The Labute approximate surface area is 155 Å². The SMILES string of the molecule is O=C(Cc1ccc(Cl)cc1)NCCc1nc(-c2ccc(Cl)cc2)no1. The van der Waals surface area contributed by atoms with Crippen molar-refractivity contribution in [3.63, 3.8) is 0 Å². The molecule has 5 nitrogen and oxygen atoms in total. The van der Waals surface area contributed by atoms with Gasteiger partial charge in [-0.1, -0.05) is 40.5 Å². The quantitative estimate of drug-likeness (QED) is 0.708. The van der Waals surface area contributed by atoms with E-state index in [1.165, 1.54) is 0 Å². The molecule has 3 aromatic rings. The predicted molar refractivity (Wildman–Crippen MR) is 96.6 cm³/mol. The Kier molecular flexibility index (Phi) is 5.68. The van der Waals surface area contributed by atoms with Crippen LogP contribution in [0.25, 0.3) is 11.4 Å². The fourth-order valence-electron chi connectivity index (χ4n) is 2.23. The van der Waals surface area contributed by atoms with Crippen molar-refractivity contribution in [1.82, 2.24) is 15.5 Å². The number of nitrogens with one attached hydrogen (secondary N) is 1. The van der Waals surface area contributed by atoms with Crippen molar-refractivity contribution in [1.29, 1.82) is 0 Å². The molecule has 0 aliphatic carbocycles. The van der Waals surface area contributed by atoms with Crippen LogP contribution in [0.2, 0.25) is 10.0 Å². The van der Waals surface area contributed by atoms with Crippen molar-refractivity contribution in [3.05, 3.63) is 70.0 Å². The van der Waals surface area contributed by atoms with Gasteiger partial charge in [-0.2, -0.15) is 4.98 Å². The normalized spacial score (nSPS) is 10.6. The number of aromatic nitrogens is 2. The van der Waals surface area contributed by atoms with Gasteiger partial charge in [0.2, 0.25) is 17.6 Å². The summed E-state index contributed by atoms with van der Waals surface area (Å²) in [6, 6.07) is 14.4. The number of rotatable bonds is 6. The van der Waals surface area contributed by atoms with Gasteiger partial charge in [-0.3, -0.25) is 4.79 Å². The Balaban J connectivity index is 1.48. The number of hydrogen-bond acceptors (Lipinski definition) is 4. The maximum atomic E-state index is 11.9. The summed E-state index contributed by atoms with van der Waals surface area (Å²) in [6.07, 6.45) is 0.768. The van der Waals surface area contributed by atoms with Gasteiger partial charge in [0, 0.05) is 28.6 Å². The lowest BCUT2D eigenvalue weighted by Crippen LogP contribution is -2.27. The Bertz CT molecular complexity index is 846. The third-order valence-corrected chi connectivity index (χ3v) is 4.01. The Morgan fingerprint density at radius 1 is 1.00 bits per heavy atom. The van der Waals surface area contributed by atoms with Crippen molar-refractivity contribution in [2.24, 2.45) is 0 Å². The molecule has 0 saturated carbocycles. The van der Waals surface area contributed by atoms with Crippen LogP contribution in [0.15, 0.2) is 53.1 Å². The number of nitrogens with zero attached hydrogens (tertiary/aromatic N) is 2. The van der Waals surface area contributed by atoms with E-state index in [0.717, 1.165) is 11.1 Å². The van der Waals surface area contributed by atoms with Crippen LogP contribution in [-0.4, -0.2) is 22.6 Å². The van der Waals surface area contributed by atoms with Gasteiger partial charge in [-0.15, -0.1) is 0 Å². The van der Waals surface area contributed by atoms with E-state index in [9.17, 15) is 4.79 Å². The van der Waals surface area contributed by atoms with E-state index in [4.69, 9.17) is 27.7 Å². The molecule has 0 atom stereocenters. The molecular weight excluding hydrogens is 361 g/mol. The summed E-state index contributed by atoms with van der Waals surface area (Å²) in [6.45, 7) is 0.425. The monoisotopic (exact) mass is 375 g/mol. The average Bonchev–Trinajstić information content (AvgIpc) is 3.06. The van der Waals surface area contributed by atoms with E-state index in [0.29, 0.717) is 41.1 Å². The van der Waals surface area contributed by atoms with Gasteiger partial charge in [-0.05, 0) is 42.0 Å². The molecule has 0 spiro atoms. The summed E-state index contributed by atoms with van der Waals surface area (Å²) in [4.78, 5) is 16.2. The minimum absolute atomic E-state index is 0.0697. The molecule has 1 aromatic heterocycles. The highest BCUT2D eigenvalue weighted by atomic mass is 35.5. The van der Waals surface area contributed by atoms with E-state index < -0.39 is 0 Å². The van der Waals surface area contributed by atoms with Gasteiger partial charge < -0.3 is 9.84 Å². The molecule has 0 unspecified atom stereocenters. The lowest BCUT2D eigenvalue weighted by Gasteiger charge is -2.03. The molecule has 1 heterocycles. The molecule has 2 aromatic carbocycles. The fourth-order valence-corrected chi connectivity index (χ4v) is 2.48. The average molecular weight is 376 g/mol. The van der Waals surface area contributed by atoms with Gasteiger partial charge in [0.1, 0.15) is 0 Å². The minimum atomic E-state index is -0.0697. The van der Waals surface area contributed by atoms with Crippen LogP contribution in [0, 0.1) is 0 Å². The Morgan fingerprint density at radius 3 is 2.32 bits per heavy atom. The number of amides is 1. The molecule has 25 heavy (non-hydrogen) atoms. The van der Waals surface area contributed by atoms with Crippen LogP contribution in [0.1, 0.15) is 11.5 Å². The molecule has 0 aliphatic heterocycles. The van der Waals surface area contributed by atoms with Crippen LogP contribution in [-0.2, 0) is 17.6 Å². The van der Waals surface area contributed by atoms with E-state index in [-0.39, 0.29) is 5.91 Å². The van der Waals surface area contributed by atoms with E-state index >= 15 is 0 Å². The lowest BCUT2D eigenvalue weighted by molar-refractivity contribution is -0.120. The van der Waals surface area contributed by atoms with Crippen LogP contribution in [0.4, 0.5) is 0 Å². The van der Waals surface area contributed by atoms with Crippen molar-refractivity contribution >= 4 is 29.1 Å². The highest BCUT2D eigenvalue weighted by Gasteiger charge is 2.09. The van der Waals surface area contributed by atoms with E-state index in [1.54, 1.807) is 24.3 Å². The lowest BCUT2D eigenvalue weighted by atomic mass is 10.1. The van der Waals surface area contributed by atoms with Crippen molar-refractivity contribution < 1.29 is 9.32 Å². The molecule has 3 rings (SSSR count). The molecule has 0 radical (unpaired) electrons. The predicted octanol–water partition coefficient (Wildman–Crippen LogP) is 3.94. The standard InChI is InChI=1S/C18H15Cl2N3O2/c19-14-5-1-12(2-6-14)11-16(24)21-10-9-17-22-18(23-25-17)13-3-7-15(20)8-4-13/h1-8H,9-11H2,(H,21,24). The maximum absolute atomic E-state index is 11.9. The number of benzene rings is 2. The summed E-state index contributed by atoms with van der Waals surface area (Å²) in [5, 5.41) is 8.07. The molecular formula is C18H15Cl2N3O2. The molecule has 1 N–H and O–H groups in total. The molecule has 0 bridgehead atoms. The molecule has 7 heteroatoms. The highest BCUT2D eigenvalue weighted by molar-refractivity contribution is 6.30. The zero-order valence-corrected chi connectivity index (χ0v) is 14.7. The smallest absolute Gasteiger partial charge is 0.228 e. The third-order valence-electron chi connectivity index (χ3n) is 3.51. The zero-order chi connectivity index (χ0) is 17.6. The maximum Gasteiger partial charge on any atom is 0.228 e. The van der Waals surface area contributed by atoms with Gasteiger partial charge >= 0.3 is 0 Å². The summed E-state index contributed by atoms with van der Waals surface area (Å²) in [5.41, 5.74) is 1.73. The highest BCUT2D eigenvalue weighted by Crippen LogP contribution is 2.18. The molecule has 0 fully saturated rings. The summed E-state index contributed by atoms with van der Waals surface area (Å²) < 4.78 is 5.20. The number of carbonyl (C=O) groups excluding carboxylic acids is 1. The zero-order valence-electron chi connectivity index (χ0n) is 13.2. The minimum Gasteiger partial charge on any atom is -0.355 e. The number of hydrogen-bond donors (Lipinski definition) is 1. The van der Waals surface area contributed by atoms with Crippen molar-refractivity contribution in [2.75, 3.05) is 6.54 Å². The van der Waals surface area contributed by atoms with E-state index in [1.807, 2.05) is 24.3 Å². The van der Waals surface area contributed by atoms with Crippen LogP contribution in [0.3, 0.4) is 0 Å². The second kappa shape index (κ2) is 8.14. The van der Waals surface area contributed by atoms with Gasteiger partial charge in [-0.25, -0.2) is 0 Å². The second-order valence-electron chi connectivity index (χ2n) is 5.42. The summed E-state index contributed by atoms with van der Waals surface area (Å²) in [5.74, 6) is 0.899. The van der Waals surface area contributed by atoms with Gasteiger partial charge in [0.15, 0.2) is 0 Å². The van der Waals surface area contributed by atoms with Gasteiger partial charge in [0.25, 0.3) is 0 Å². The first-order valence-corrected chi connectivity index (χ1v) is 8.45. The summed E-state index contributed by atoms with van der Waals surface area (Å²) in [7, 11) is 0. The molecule has 1 amide bonds. The molecule has 0 saturated heterocycles. The first kappa shape index (κ1) is 17.5. The second-order valence-corrected chi connectivity index (χ2v) is 6.29. The topological polar surface area (TPSA) is 68.0 Å². The Hall–Kier alpha value is -2.37. The number of carbonyl (C=O) groups is 1. The number of halogens is 2. The Morgan fingerprint density at radius 2 is 1.64 bits per heavy atom. The largest absolute Gasteiger partial charge is 0.355 e. The summed E-state index contributed by atoms with van der Waals surface area (Å²) >= 11 is 11.7. The van der Waals surface area contributed by atoms with Crippen LogP contribution < -0.4 is 5.32 Å². The third kappa shape index (κ3) is 5.05. The van der Waals surface area contributed by atoms with Crippen LogP contribution in [0.5, 0.6) is 0 Å². The van der Waals surface area contributed by atoms with Crippen LogP contribution >= 0.6 is 23.2 Å².